The second kappa shape index (κ2) is 9.88. The normalized spacial score (nSPS) is 13.3. The molecule has 0 radical (unpaired) electrons. The number of rotatable bonds is 7. The van der Waals surface area contributed by atoms with Crippen molar-refractivity contribution in [3.05, 3.63) is 71.5 Å². The summed E-state index contributed by atoms with van der Waals surface area (Å²) in [6.07, 6.45) is 1.92. The van der Waals surface area contributed by atoms with Crippen LogP contribution in [0.15, 0.2) is 54.9 Å². The number of benzene rings is 2. The minimum atomic E-state index is -0.0613. The highest BCUT2D eigenvalue weighted by atomic mass is 16.5. The molecule has 2 aromatic carbocycles. The molecule has 1 aromatic heterocycles. The van der Waals surface area contributed by atoms with Crippen LogP contribution in [0.4, 0.5) is 23.0 Å². The fourth-order valence-electron chi connectivity index (χ4n) is 3.47. The van der Waals surface area contributed by atoms with E-state index in [0.717, 1.165) is 0 Å². The van der Waals surface area contributed by atoms with Gasteiger partial charge in [0.25, 0.3) is 5.91 Å². The number of anilines is 4. The minimum absolute atomic E-state index is 0.0613. The van der Waals surface area contributed by atoms with Gasteiger partial charge >= 0.3 is 0 Å². The number of aromatic nitrogens is 2. The Bertz CT molecular complexity index is 1160. The summed E-state index contributed by atoms with van der Waals surface area (Å²) in [6, 6.07) is 13.8. The summed E-state index contributed by atoms with van der Waals surface area (Å²) in [4.78, 5) is 33.3. The lowest BCUT2D eigenvalue weighted by Crippen LogP contribution is -2.40. The lowest BCUT2D eigenvalue weighted by Gasteiger charge is -2.26. The number of carbonyl (C=O) groups excluding carboxylic acids is 2. The molecule has 1 aliphatic heterocycles. The van der Waals surface area contributed by atoms with Crippen molar-refractivity contribution in [1.82, 2.24) is 14.9 Å². The first kappa shape index (κ1) is 21.9. The zero-order valence-corrected chi connectivity index (χ0v) is 17.7. The number of hydrogen-bond acceptors (Lipinski definition) is 8. The number of nitrogens with zero attached hydrogens (tertiary/aromatic N) is 3. The van der Waals surface area contributed by atoms with Crippen LogP contribution in [0.1, 0.15) is 21.5 Å². The third kappa shape index (κ3) is 4.96. The standard InChI is InChI=1S/C23H23N7O3/c24-20(15-1-3-16(4-2-15)23(32)30-9-11-33-12-10-30)19-21(25)26-13-27-22(19)29-18-7-5-17(6-8-18)28-14-31/h1-8,13-14,24H,9-12H2,(H,28,31)(H3,25,26,27,29). The van der Waals surface area contributed by atoms with Crippen molar-refractivity contribution in [3.8, 4) is 0 Å². The maximum atomic E-state index is 12.7. The van der Waals surface area contributed by atoms with Crippen LogP contribution >= 0.6 is 0 Å². The molecule has 5 N–H and O–H groups in total. The summed E-state index contributed by atoms with van der Waals surface area (Å²) in [5, 5.41) is 14.4. The molecule has 0 bridgehead atoms. The van der Waals surface area contributed by atoms with Gasteiger partial charge in [0, 0.05) is 35.6 Å². The molecule has 33 heavy (non-hydrogen) atoms. The maximum Gasteiger partial charge on any atom is 0.254 e. The quantitative estimate of drug-likeness (QED) is 0.322. The SMILES string of the molecule is N=C(c1ccc(C(=O)N2CCOCC2)cc1)c1c(N)ncnc1Nc1ccc(NC=O)cc1. The molecule has 0 saturated carbocycles. The number of carbonyl (C=O) groups is 2. The van der Waals surface area contributed by atoms with E-state index in [1.165, 1.54) is 6.33 Å². The van der Waals surface area contributed by atoms with Crippen molar-refractivity contribution in [1.29, 1.82) is 5.41 Å². The molecule has 4 rings (SSSR count). The van der Waals surface area contributed by atoms with E-state index < -0.39 is 0 Å². The third-order valence-corrected chi connectivity index (χ3v) is 5.22. The zero-order valence-electron chi connectivity index (χ0n) is 17.7. The highest BCUT2D eigenvalue weighted by Crippen LogP contribution is 2.25. The van der Waals surface area contributed by atoms with E-state index in [1.54, 1.807) is 53.4 Å². The van der Waals surface area contributed by atoms with Crippen LogP contribution in [0.5, 0.6) is 0 Å². The van der Waals surface area contributed by atoms with Crippen molar-refractivity contribution in [2.75, 3.05) is 42.7 Å². The van der Waals surface area contributed by atoms with Gasteiger partial charge in [-0.3, -0.25) is 15.0 Å². The summed E-state index contributed by atoms with van der Waals surface area (Å²) in [5.74, 6) is 0.469. The molecular formula is C23H23N7O3. The lowest BCUT2D eigenvalue weighted by atomic mass is 10.0. The molecule has 10 heteroatoms. The monoisotopic (exact) mass is 445 g/mol. The predicted octanol–water partition coefficient (Wildman–Crippen LogP) is 2.26. The summed E-state index contributed by atoms with van der Waals surface area (Å²) in [7, 11) is 0. The number of hydrogen-bond donors (Lipinski definition) is 4. The van der Waals surface area contributed by atoms with E-state index in [-0.39, 0.29) is 17.4 Å². The molecule has 0 spiro atoms. The van der Waals surface area contributed by atoms with Gasteiger partial charge in [0.15, 0.2) is 0 Å². The van der Waals surface area contributed by atoms with Gasteiger partial charge in [-0.05, 0) is 36.4 Å². The van der Waals surface area contributed by atoms with Crippen molar-refractivity contribution < 1.29 is 14.3 Å². The van der Waals surface area contributed by atoms with Gasteiger partial charge in [0.2, 0.25) is 6.41 Å². The van der Waals surface area contributed by atoms with Crippen molar-refractivity contribution in [2.45, 2.75) is 0 Å². The largest absolute Gasteiger partial charge is 0.383 e. The Kier molecular flexibility index (Phi) is 6.56. The van der Waals surface area contributed by atoms with Gasteiger partial charge in [-0.1, -0.05) is 12.1 Å². The van der Waals surface area contributed by atoms with E-state index in [9.17, 15) is 9.59 Å². The van der Waals surface area contributed by atoms with Crippen LogP contribution in [0.3, 0.4) is 0 Å². The third-order valence-electron chi connectivity index (χ3n) is 5.22. The molecule has 0 aliphatic carbocycles. The molecule has 0 atom stereocenters. The van der Waals surface area contributed by atoms with Crippen molar-refractivity contribution >= 4 is 41.0 Å². The van der Waals surface area contributed by atoms with Gasteiger partial charge in [-0.2, -0.15) is 0 Å². The predicted molar refractivity (Wildman–Crippen MR) is 125 cm³/mol. The number of amides is 2. The molecule has 0 unspecified atom stereocenters. The number of nitrogens with two attached hydrogens (primary N) is 1. The molecule has 2 heterocycles. The van der Waals surface area contributed by atoms with E-state index >= 15 is 0 Å². The average molecular weight is 445 g/mol. The highest BCUT2D eigenvalue weighted by Gasteiger charge is 2.20. The van der Waals surface area contributed by atoms with Crippen LogP contribution < -0.4 is 16.4 Å². The van der Waals surface area contributed by atoms with Crippen LogP contribution in [0.25, 0.3) is 0 Å². The van der Waals surface area contributed by atoms with Gasteiger partial charge in [-0.15, -0.1) is 0 Å². The fourth-order valence-corrected chi connectivity index (χ4v) is 3.47. The Morgan fingerprint density at radius 3 is 2.30 bits per heavy atom. The lowest BCUT2D eigenvalue weighted by molar-refractivity contribution is -0.105. The molecule has 3 aromatic rings. The van der Waals surface area contributed by atoms with Crippen molar-refractivity contribution in [2.24, 2.45) is 0 Å². The smallest absolute Gasteiger partial charge is 0.254 e. The fraction of sp³-hybridized carbons (Fsp3) is 0.174. The Morgan fingerprint density at radius 2 is 1.64 bits per heavy atom. The van der Waals surface area contributed by atoms with Crippen LogP contribution in [0.2, 0.25) is 0 Å². The molecule has 168 valence electrons. The van der Waals surface area contributed by atoms with Crippen LogP contribution in [0, 0.1) is 5.41 Å². The summed E-state index contributed by atoms with van der Waals surface area (Å²) in [5.41, 5.74) is 9.04. The molecule has 2 amide bonds. The summed E-state index contributed by atoms with van der Waals surface area (Å²) in [6.45, 7) is 2.20. The highest BCUT2D eigenvalue weighted by molar-refractivity contribution is 6.16. The van der Waals surface area contributed by atoms with Crippen LogP contribution in [-0.4, -0.2) is 59.2 Å². The second-order valence-electron chi connectivity index (χ2n) is 7.30. The van der Waals surface area contributed by atoms with E-state index in [0.29, 0.717) is 66.6 Å². The van der Waals surface area contributed by atoms with Gasteiger partial charge < -0.3 is 26.0 Å². The molecule has 1 aliphatic rings. The molecule has 1 fully saturated rings. The first-order chi connectivity index (χ1) is 16.1. The second-order valence-corrected chi connectivity index (χ2v) is 7.30. The number of morpholine rings is 1. The summed E-state index contributed by atoms with van der Waals surface area (Å²) < 4.78 is 5.30. The Balaban J connectivity index is 1.55. The summed E-state index contributed by atoms with van der Waals surface area (Å²) >= 11 is 0. The number of ether oxygens (including phenoxy) is 1. The number of nitrogens with one attached hydrogen (secondary N) is 3. The molecular weight excluding hydrogens is 422 g/mol. The topological polar surface area (TPSA) is 146 Å². The zero-order chi connectivity index (χ0) is 23.2. The van der Waals surface area contributed by atoms with E-state index in [1.807, 2.05) is 0 Å². The average Bonchev–Trinajstić information content (AvgIpc) is 2.85. The van der Waals surface area contributed by atoms with Crippen molar-refractivity contribution in [3.63, 3.8) is 0 Å². The minimum Gasteiger partial charge on any atom is -0.383 e. The van der Waals surface area contributed by atoms with Gasteiger partial charge in [0.05, 0.1) is 24.5 Å². The maximum absolute atomic E-state index is 12.7. The first-order valence-electron chi connectivity index (χ1n) is 10.3. The Labute approximate surface area is 190 Å². The first-order valence-corrected chi connectivity index (χ1v) is 10.3. The van der Waals surface area contributed by atoms with Gasteiger partial charge in [0.1, 0.15) is 18.0 Å². The van der Waals surface area contributed by atoms with Gasteiger partial charge in [-0.25, -0.2) is 9.97 Å². The molecule has 10 nitrogen and oxygen atoms in total. The van der Waals surface area contributed by atoms with E-state index in [4.69, 9.17) is 15.9 Å². The number of nitrogen functional groups attached to an aromatic ring is 1. The molecule has 1 saturated heterocycles. The Morgan fingerprint density at radius 1 is 1.00 bits per heavy atom. The van der Waals surface area contributed by atoms with Crippen LogP contribution in [-0.2, 0) is 9.53 Å². The van der Waals surface area contributed by atoms with E-state index in [2.05, 4.69) is 20.6 Å². The Hall–Kier alpha value is -4.31.